The summed E-state index contributed by atoms with van der Waals surface area (Å²) >= 11 is 10.1. The predicted octanol–water partition coefficient (Wildman–Crippen LogP) is 3.20. The molecule has 0 radical (unpaired) electrons. The van der Waals surface area contributed by atoms with E-state index in [0.717, 1.165) is 0 Å². The molecule has 0 saturated heterocycles. The van der Waals surface area contributed by atoms with Gasteiger partial charge in [0.05, 0.1) is 0 Å². The van der Waals surface area contributed by atoms with Gasteiger partial charge in [-0.3, -0.25) is 4.31 Å². The van der Waals surface area contributed by atoms with Crippen molar-refractivity contribution < 1.29 is 14.1 Å². The van der Waals surface area contributed by atoms with Gasteiger partial charge in [0.15, 0.2) is 13.0 Å². The van der Waals surface area contributed by atoms with Crippen molar-refractivity contribution in [2.24, 2.45) is 0 Å². The zero-order valence-corrected chi connectivity index (χ0v) is 13.4. The zero-order valence-electron chi connectivity index (χ0n) is 10.0. The highest BCUT2D eigenvalue weighted by atomic mass is 32.5. The lowest BCUT2D eigenvalue weighted by molar-refractivity contribution is 0.406. The highest BCUT2D eigenvalue weighted by Gasteiger charge is 2.41. The molecule has 2 N–H and O–H groups in total. The molecule has 2 atom stereocenters. The monoisotopic (exact) mass is 290 g/mol. The maximum absolute atomic E-state index is 10.1. The average molecular weight is 290 g/mol. The van der Waals surface area contributed by atoms with Crippen molar-refractivity contribution in [3.8, 4) is 0 Å². The van der Waals surface area contributed by atoms with Crippen molar-refractivity contribution in [3.05, 3.63) is 0 Å². The van der Waals surface area contributed by atoms with Gasteiger partial charge in [0.25, 0.3) is 0 Å². The molecule has 0 aliphatic heterocycles. The van der Waals surface area contributed by atoms with E-state index in [1.165, 1.54) is 0 Å². The minimum atomic E-state index is -3.07. The Balaban J connectivity index is 5.08. The Morgan fingerprint density at radius 3 is 1.13 bits per heavy atom. The average Bonchev–Trinajstić information content (AvgIpc) is 1.77. The lowest BCUT2D eigenvalue weighted by Crippen LogP contribution is -2.20. The molecule has 0 saturated carbocycles. The van der Waals surface area contributed by atoms with Crippen LogP contribution >= 0.6 is 13.0 Å². The van der Waals surface area contributed by atoms with Crippen LogP contribution in [0.1, 0.15) is 41.5 Å². The van der Waals surface area contributed by atoms with Gasteiger partial charge in [0.1, 0.15) is 0 Å². The number of hydrogen-bond donors (Lipinski definition) is 2. The van der Waals surface area contributed by atoms with E-state index >= 15 is 0 Å². The molecule has 15 heavy (non-hydrogen) atoms. The SMILES string of the molecule is CC(C)(C)P(O)(=S)OP(O)(=S)C(C)(C)C. The van der Waals surface area contributed by atoms with E-state index in [9.17, 15) is 9.79 Å². The first kappa shape index (κ1) is 16.2. The Labute approximate surface area is 103 Å². The van der Waals surface area contributed by atoms with Gasteiger partial charge in [-0.1, -0.05) is 41.5 Å². The maximum Gasteiger partial charge on any atom is 0.197 e. The molecule has 0 aromatic carbocycles. The number of rotatable bonds is 2. The van der Waals surface area contributed by atoms with E-state index in [0.29, 0.717) is 0 Å². The Kier molecular flexibility index (Phi) is 4.80. The normalized spacial score (nSPS) is 21.9. The molecule has 0 amide bonds. The van der Waals surface area contributed by atoms with Crippen molar-refractivity contribution in [2.75, 3.05) is 0 Å². The molecule has 0 aromatic rings. The summed E-state index contributed by atoms with van der Waals surface area (Å²) in [4.78, 5) is 20.1. The first-order valence-electron chi connectivity index (χ1n) is 4.58. The van der Waals surface area contributed by atoms with E-state index < -0.39 is 23.3 Å². The quantitative estimate of drug-likeness (QED) is 0.765. The smallest absolute Gasteiger partial charge is 0.197 e. The van der Waals surface area contributed by atoms with Crippen LogP contribution in [-0.2, 0) is 27.9 Å². The lowest BCUT2D eigenvalue weighted by atomic mass is 10.3. The topological polar surface area (TPSA) is 49.7 Å². The van der Waals surface area contributed by atoms with Gasteiger partial charge < -0.3 is 9.79 Å². The first-order valence-corrected chi connectivity index (χ1v) is 9.92. The fourth-order valence-electron chi connectivity index (χ4n) is 0.395. The largest absolute Gasteiger partial charge is 0.345 e. The van der Waals surface area contributed by atoms with E-state index in [4.69, 9.17) is 27.9 Å². The van der Waals surface area contributed by atoms with Crippen LogP contribution in [0.4, 0.5) is 0 Å². The minimum Gasteiger partial charge on any atom is -0.345 e. The molecule has 0 aliphatic rings. The van der Waals surface area contributed by atoms with Crippen LogP contribution in [0.3, 0.4) is 0 Å². The van der Waals surface area contributed by atoms with E-state index in [1.807, 2.05) is 0 Å². The second-order valence-corrected chi connectivity index (χ2v) is 13.9. The Morgan fingerprint density at radius 1 is 0.800 bits per heavy atom. The van der Waals surface area contributed by atoms with Gasteiger partial charge >= 0.3 is 0 Å². The summed E-state index contributed by atoms with van der Waals surface area (Å²) in [6.45, 7) is 4.57. The third-order valence-electron chi connectivity index (χ3n) is 1.92. The molecule has 0 bridgehead atoms. The highest BCUT2D eigenvalue weighted by molar-refractivity contribution is 8.17. The zero-order chi connectivity index (χ0) is 12.7. The van der Waals surface area contributed by atoms with Crippen molar-refractivity contribution >= 4 is 36.6 Å². The molecular weight excluding hydrogens is 270 g/mol. The second-order valence-electron chi connectivity index (χ2n) is 5.46. The molecule has 0 aliphatic carbocycles. The van der Waals surface area contributed by atoms with E-state index in [2.05, 4.69) is 0 Å². The summed E-state index contributed by atoms with van der Waals surface area (Å²) in [6, 6.07) is 0. The molecule has 3 nitrogen and oxygen atoms in total. The fourth-order valence-corrected chi connectivity index (χ4v) is 5.67. The molecule has 0 rings (SSSR count). The predicted molar refractivity (Wildman–Crippen MR) is 73.6 cm³/mol. The van der Waals surface area contributed by atoms with Crippen LogP contribution < -0.4 is 0 Å². The molecular formula is C8H20O3P2S2. The maximum atomic E-state index is 10.1. The van der Waals surface area contributed by atoms with Crippen molar-refractivity contribution in [3.63, 3.8) is 0 Å². The Morgan fingerprint density at radius 2 is 1.00 bits per heavy atom. The summed E-state index contributed by atoms with van der Waals surface area (Å²) in [6.07, 6.45) is 0. The van der Waals surface area contributed by atoms with Crippen LogP contribution in [0, 0.1) is 0 Å². The van der Waals surface area contributed by atoms with Crippen molar-refractivity contribution in [2.45, 2.75) is 51.9 Å². The van der Waals surface area contributed by atoms with Crippen LogP contribution in [0.25, 0.3) is 0 Å². The van der Waals surface area contributed by atoms with E-state index in [1.54, 1.807) is 41.5 Å². The molecule has 0 heterocycles. The summed E-state index contributed by atoms with van der Waals surface area (Å²) in [5.41, 5.74) is 0. The highest BCUT2D eigenvalue weighted by Crippen LogP contribution is 2.70. The van der Waals surface area contributed by atoms with Gasteiger partial charge in [0.2, 0.25) is 0 Å². The third kappa shape index (κ3) is 4.16. The first-order chi connectivity index (χ1) is 6.21. The molecule has 92 valence electrons. The van der Waals surface area contributed by atoms with E-state index in [-0.39, 0.29) is 0 Å². The molecule has 0 spiro atoms. The summed E-state index contributed by atoms with van der Waals surface area (Å²) in [5, 5.41) is -1.14. The molecule has 0 aromatic heterocycles. The standard InChI is InChI=1S/C8H20O3P2S2/c1-7(2,3)12(9,14)11-13(10,15)8(4,5)6/h1-6H3,(H,9,14)(H,10,15). The molecule has 2 unspecified atom stereocenters. The Bertz CT molecular complexity index is 296. The summed E-state index contributed by atoms with van der Waals surface area (Å²) in [7, 11) is 0. The van der Waals surface area contributed by atoms with Crippen molar-refractivity contribution in [1.29, 1.82) is 0 Å². The van der Waals surface area contributed by atoms with Crippen LogP contribution in [0.5, 0.6) is 0 Å². The van der Waals surface area contributed by atoms with Gasteiger partial charge in [-0.2, -0.15) is 0 Å². The second kappa shape index (κ2) is 4.45. The summed E-state index contributed by atoms with van der Waals surface area (Å²) < 4.78 is 5.32. The number of hydrogen-bond acceptors (Lipinski definition) is 3. The molecule has 0 fully saturated rings. The van der Waals surface area contributed by atoms with Crippen LogP contribution in [0.2, 0.25) is 0 Å². The van der Waals surface area contributed by atoms with Gasteiger partial charge in [-0.15, -0.1) is 0 Å². The Hall–Kier alpha value is 1.18. The van der Waals surface area contributed by atoms with Gasteiger partial charge in [0, 0.05) is 10.3 Å². The van der Waals surface area contributed by atoms with Crippen LogP contribution in [-0.4, -0.2) is 20.1 Å². The summed E-state index contributed by atoms with van der Waals surface area (Å²) in [5.74, 6) is 0. The lowest BCUT2D eigenvalue weighted by Gasteiger charge is -2.37. The molecule has 7 heteroatoms. The van der Waals surface area contributed by atoms with Gasteiger partial charge in [-0.05, 0) is 23.6 Å². The van der Waals surface area contributed by atoms with Crippen LogP contribution in [0.15, 0.2) is 0 Å². The van der Waals surface area contributed by atoms with Gasteiger partial charge in [-0.25, -0.2) is 0 Å². The minimum absolute atomic E-state index is 0.569. The fraction of sp³-hybridized carbons (Fsp3) is 1.00. The third-order valence-corrected chi connectivity index (χ3v) is 11.6. The van der Waals surface area contributed by atoms with Crippen molar-refractivity contribution in [1.82, 2.24) is 0 Å².